The van der Waals surface area contributed by atoms with E-state index in [0.29, 0.717) is 0 Å². The Balaban J connectivity index is 1.40. The quantitative estimate of drug-likeness (QED) is 0.174. The molecule has 0 N–H and O–H groups in total. The number of fused-ring (bicyclic) bond motifs is 13. The molecule has 3 aromatic heterocycles. The van der Waals surface area contributed by atoms with Crippen molar-refractivity contribution in [2.24, 2.45) is 0 Å². The minimum absolute atomic E-state index is 0.796. The molecule has 0 atom stereocenters. The van der Waals surface area contributed by atoms with Crippen LogP contribution in [0.4, 0.5) is 0 Å². The summed E-state index contributed by atoms with van der Waals surface area (Å²) in [6.07, 6.45) is 1.90. The number of hydrogen-bond donors (Lipinski definition) is 0. The van der Waals surface area contributed by atoms with Crippen LogP contribution in [0, 0.1) is 0 Å². The third-order valence-electron chi connectivity index (χ3n) is 10.4. The fraction of sp³-hybridized carbons (Fsp3) is 0. The van der Waals surface area contributed by atoms with Gasteiger partial charge in [0, 0.05) is 38.8 Å². The summed E-state index contributed by atoms with van der Waals surface area (Å²) >= 11 is 0. The van der Waals surface area contributed by atoms with Gasteiger partial charge in [-0.05, 0) is 82.2 Å². The number of pyridine rings is 1. The fourth-order valence-electron chi connectivity index (χ4n) is 8.26. The predicted octanol–water partition coefficient (Wildman–Crippen LogP) is 12.6. The van der Waals surface area contributed by atoms with Crippen molar-refractivity contribution in [3.05, 3.63) is 176 Å². The normalized spacial score (nSPS) is 11.9. The molecular weight excluding hydrogens is 623 g/mol. The molecule has 0 amide bonds. The average Bonchev–Trinajstić information content (AvgIpc) is 3.53. The number of hydrogen-bond acceptors (Lipinski definition) is 2. The van der Waals surface area contributed by atoms with Gasteiger partial charge in [0.15, 0.2) is 11.2 Å². The van der Waals surface area contributed by atoms with Crippen molar-refractivity contribution in [1.29, 1.82) is 0 Å². The molecule has 0 aliphatic carbocycles. The van der Waals surface area contributed by atoms with Crippen LogP contribution in [0.2, 0.25) is 0 Å². The Kier molecular flexibility index (Phi) is 5.92. The van der Waals surface area contributed by atoms with Crippen molar-refractivity contribution in [2.45, 2.75) is 0 Å². The molecule has 0 saturated heterocycles. The molecule has 8 aromatic carbocycles. The van der Waals surface area contributed by atoms with Gasteiger partial charge in [0.05, 0.1) is 33.3 Å². The Morgan fingerprint density at radius 1 is 0.373 bits per heavy atom. The minimum Gasteiger partial charge on any atom is -0.453 e. The number of rotatable bonds is 2. The zero-order chi connectivity index (χ0) is 33.5. The van der Waals surface area contributed by atoms with E-state index in [-0.39, 0.29) is 0 Å². The fourth-order valence-corrected chi connectivity index (χ4v) is 8.26. The first-order valence-electron chi connectivity index (χ1n) is 17.3. The lowest BCUT2D eigenvalue weighted by molar-refractivity contribution is 0.654. The second-order valence-corrected chi connectivity index (χ2v) is 13.1. The second kappa shape index (κ2) is 10.8. The maximum Gasteiger partial charge on any atom is 0.152 e. The Labute approximate surface area is 292 Å². The first-order chi connectivity index (χ1) is 25.3. The average molecular weight is 652 g/mol. The van der Waals surface area contributed by atoms with Gasteiger partial charge in [0.1, 0.15) is 0 Å². The van der Waals surface area contributed by atoms with E-state index < -0.39 is 0 Å². The van der Waals surface area contributed by atoms with E-state index in [9.17, 15) is 0 Å². The molecule has 4 nitrogen and oxygen atoms in total. The van der Waals surface area contributed by atoms with Gasteiger partial charge in [-0.25, -0.2) is 0 Å². The summed E-state index contributed by atoms with van der Waals surface area (Å²) in [5, 5.41) is 10.4. The summed E-state index contributed by atoms with van der Waals surface area (Å²) in [5.74, 6) is 0. The Morgan fingerprint density at radius 3 is 1.76 bits per heavy atom. The maximum absolute atomic E-state index is 6.72. The molecule has 0 spiro atoms. The minimum atomic E-state index is 0.796. The largest absolute Gasteiger partial charge is 0.453 e. The zero-order valence-corrected chi connectivity index (χ0v) is 27.5. The van der Waals surface area contributed by atoms with Crippen LogP contribution in [0.15, 0.2) is 180 Å². The summed E-state index contributed by atoms with van der Waals surface area (Å²) in [7, 11) is 0. The van der Waals surface area contributed by atoms with Crippen molar-refractivity contribution in [1.82, 2.24) is 14.1 Å². The van der Waals surface area contributed by atoms with E-state index in [2.05, 4.69) is 161 Å². The van der Waals surface area contributed by atoms with E-state index in [1.165, 1.54) is 32.6 Å². The highest BCUT2D eigenvalue weighted by atomic mass is 16.3. The van der Waals surface area contributed by atoms with E-state index in [1.807, 2.05) is 24.4 Å². The molecule has 11 rings (SSSR count). The van der Waals surface area contributed by atoms with E-state index >= 15 is 0 Å². The van der Waals surface area contributed by atoms with Crippen LogP contribution in [-0.2, 0) is 0 Å². The highest BCUT2D eigenvalue weighted by molar-refractivity contribution is 6.28. The molecule has 3 heterocycles. The summed E-state index contributed by atoms with van der Waals surface area (Å²) < 4.78 is 11.5. The van der Waals surface area contributed by atoms with E-state index in [4.69, 9.17) is 9.40 Å². The van der Waals surface area contributed by atoms with Gasteiger partial charge in [-0.3, -0.25) is 4.98 Å². The van der Waals surface area contributed by atoms with Crippen LogP contribution in [-0.4, -0.2) is 14.1 Å². The van der Waals surface area contributed by atoms with Crippen molar-refractivity contribution in [3.8, 4) is 11.4 Å². The lowest BCUT2D eigenvalue weighted by Crippen LogP contribution is -2.00. The predicted molar refractivity (Wildman–Crippen MR) is 213 cm³/mol. The SMILES string of the molecule is c1ccc(-n2c3ccccc3oc3cc4c(cc32)c2ccccc2c2c(-n3c5ccccc5c5ccccc53)cccc2c2cccnc42)cc1. The molecule has 0 fully saturated rings. The third kappa shape index (κ3) is 4.05. The summed E-state index contributed by atoms with van der Waals surface area (Å²) in [4.78, 5) is 5.12. The molecule has 0 aliphatic rings. The number of para-hydroxylation sites is 5. The second-order valence-electron chi connectivity index (χ2n) is 13.1. The van der Waals surface area contributed by atoms with Gasteiger partial charge in [0.25, 0.3) is 0 Å². The molecule has 4 heteroatoms. The van der Waals surface area contributed by atoms with Crippen LogP contribution in [0.5, 0.6) is 0 Å². The van der Waals surface area contributed by atoms with Crippen molar-refractivity contribution < 1.29 is 4.42 Å². The highest BCUT2D eigenvalue weighted by Crippen LogP contribution is 2.41. The molecule has 0 aliphatic heterocycles. The first kappa shape index (κ1) is 28.0. The highest BCUT2D eigenvalue weighted by Gasteiger charge is 2.18. The molecule has 0 unspecified atom stereocenters. The molecule has 11 aromatic rings. The smallest absolute Gasteiger partial charge is 0.152 e. The van der Waals surface area contributed by atoms with Gasteiger partial charge in [0.2, 0.25) is 0 Å². The van der Waals surface area contributed by atoms with Crippen molar-refractivity contribution in [2.75, 3.05) is 0 Å². The summed E-state index contributed by atoms with van der Waals surface area (Å²) in [6.45, 7) is 0. The maximum atomic E-state index is 6.72. The Morgan fingerprint density at radius 2 is 0.980 bits per heavy atom. The summed E-state index contributed by atoms with van der Waals surface area (Å²) in [5.41, 5.74) is 9.12. The van der Waals surface area contributed by atoms with E-state index in [0.717, 1.165) is 66.0 Å². The van der Waals surface area contributed by atoms with Crippen molar-refractivity contribution in [3.63, 3.8) is 0 Å². The van der Waals surface area contributed by atoms with Gasteiger partial charge >= 0.3 is 0 Å². The van der Waals surface area contributed by atoms with Crippen LogP contribution in [0.3, 0.4) is 0 Å². The number of nitrogens with zero attached hydrogens (tertiary/aromatic N) is 3. The monoisotopic (exact) mass is 651 g/mol. The standard InChI is InChI=1S/C47H29N3O/c1-2-14-30(15-3-1)49-41-24-10-11-26-44(41)51-45-29-38-37(28-43(45)49)31-16-4-5-19-34(31)46-35(36-21-13-27-48-47(36)38)20-12-25-42(46)50-39-22-8-6-17-32(39)33-18-7-9-23-40(33)50/h1-29H. The summed E-state index contributed by atoms with van der Waals surface area (Å²) in [6, 6.07) is 60.5. The van der Waals surface area contributed by atoms with Gasteiger partial charge in [-0.15, -0.1) is 0 Å². The van der Waals surface area contributed by atoms with Gasteiger partial charge in [-0.2, -0.15) is 0 Å². The molecule has 51 heavy (non-hydrogen) atoms. The lowest BCUT2D eigenvalue weighted by atomic mass is 9.95. The number of benzene rings is 7. The molecule has 0 radical (unpaired) electrons. The molecule has 0 bridgehead atoms. The van der Waals surface area contributed by atoms with Gasteiger partial charge in [-0.1, -0.05) is 109 Å². The topological polar surface area (TPSA) is 35.9 Å². The van der Waals surface area contributed by atoms with E-state index in [1.54, 1.807) is 0 Å². The Hall–Kier alpha value is -6.91. The van der Waals surface area contributed by atoms with Crippen LogP contribution < -0.4 is 0 Å². The van der Waals surface area contributed by atoms with Crippen LogP contribution in [0.1, 0.15) is 0 Å². The van der Waals surface area contributed by atoms with Crippen LogP contribution >= 0.6 is 0 Å². The number of aromatic nitrogens is 3. The molecule has 0 saturated carbocycles. The molecular formula is C47H29N3O. The van der Waals surface area contributed by atoms with Crippen LogP contribution in [0.25, 0.3) is 98.6 Å². The zero-order valence-electron chi connectivity index (χ0n) is 27.5. The molecule has 238 valence electrons. The Bertz CT molecular complexity index is 3200. The van der Waals surface area contributed by atoms with Crippen molar-refractivity contribution >= 4 is 87.2 Å². The van der Waals surface area contributed by atoms with Gasteiger partial charge < -0.3 is 13.6 Å². The lowest BCUT2D eigenvalue weighted by Gasteiger charge is -2.17. The first-order valence-corrected chi connectivity index (χ1v) is 17.3. The third-order valence-corrected chi connectivity index (χ3v) is 10.4.